The van der Waals surface area contributed by atoms with Crippen molar-refractivity contribution in [1.29, 1.82) is 0 Å². The van der Waals surface area contributed by atoms with Gasteiger partial charge in [-0.2, -0.15) is 0 Å². The third kappa shape index (κ3) is 5.18. The number of amides is 1. The molecule has 1 aromatic carbocycles. The Morgan fingerprint density at radius 2 is 2.04 bits per heavy atom. The normalized spacial score (nSPS) is 21.5. The van der Waals surface area contributed by atoms with Gasteiger partial charge in [-0.05, 0) is 43.4 Å². The van der Waals surface area contributed by atoms with Crippen molar-refractivity contribution in [2.24, 2.45) is 11.8 Å². The first-order valence-electron chi connectivity index (χ1n) is 8.31. The largest absolute Gasteiger partial charge is 0.352 e. The van der Waals surface area contributed by atoms with Gasteiger partial charge in [0.2, 0.25) is 0 Å². The summed E-state index contributed by atoms with van der Waals surface area (Å²) in [5.41, 5.74) is 0.00641. The van der Waals surface area contributed by atoms with Crippen LogP contribution >= 0.6 is 11.6 Å². The van der Waals surface area contributed by atoms with Crippen molar-refractivity contribution < 1.29 is 9.72 Å². The molecule has 0 spiro atoms. The minimum atomic E-state index is -0.586. The van der Waals surface area contributed by atoms with E-state index in [1.165, 1.54) is 24.6 Å². The molecule has 0 saturated carbocycles. The van der Waals surface area contributed by atoms with E-state index in [1.807, 2.05) is 0 Å². The van der Waals surface area contributed by atoms with E-state index in [2.05, 4.69) is 24.1 Å². The maximum absolute atomic E-state index is 12.1. The number of nitro groups is 1. The van der Waals surface area contributed by atoms with Crippen LogP contribution in [0.25, 0.3) is 0 Å². The van der Waals surface area contributed by atoms with Crippen molar-refractivity contribution >= 4 is 23.2 Å². The standard InChI is InChI=1S/C17H24ClN3O3/c1-12-8-13(2)11-20(10-12)7-3-6-19-17(22)14-4-5-15(18)16(9-14)21(23)24/h4-5,9,12-13H,3,6-8,10-11H2,1-2H3,(H,19,22)/t12-,13-/m0/s1. The molecule has 1 saturated heterocycles. The van der Waals surface area contributed by atoms with Crippen LogP contribution in [0.5, 0.6) is 0 Å². The summed E-state index contributed by atoms with van der Waals surface area (Å²) in [5, 5.41) is 13.7. The molecule has 0 aliphatic carbocycles. The van der Waals surface area contributed by atoms with E-state index in [1.54, 1.807) is 0 Å². The summed E-state index contributed by atoms with van der Waals surface area (Å²) in [5.74, 6) is 1.13. The number of piperidine rings is 1. The van der Waals surface area contributed by atoms with E-state index < -0.39 is 4.92 Å². The quantitative estimate of drug-likeness (QED) is 0.483. The second-order valence-electron chi connectivity index (χ2n) is 6.74. The lowest BCUT2D eigenvalue weighted by Crippen LogP contribution is -2.40. The van der Waals surface area contributed by atoms with Crippen LogP contribution in [0.2, 0.25) is 5.02 Å². The first kappa shape index (κ1) is 18.7. The third-order valence-corrected chi connectivity index (χ3v) is 4.61. The lowest BCUT2D eigenvalue weighted by atomic mass is 9.92. The highest BCUT2D eigenvalue weighted by atomic mass is 35.5. The molecule has 0 radical (unpaired) electrons. The summed E-state index contributed by atoms with van der Waals surface area (Å²) in [6.45, 7) is 8.28. The Morgan fingerprint density at radius 3 is 2.67 bits per heavy atom. The number of carbonyl (C=O) groups excluding carboxylic acids is 1. The molecule has 1 amide bonds. The molecule has 0 unspecified atom stereocenters. The number of hydrogen-bond donors (Lipinski definition) is 1. The number of nitro benzene ring substituents is 1. The van der Waals surface area contributed by atoms with Gasteiger partial charge in [-0.15, -0.1) is 0 Å². The molecule has 7 heteroatoms. The molecule has 1 aliphatic rings. The fourth-order valence-electron chi connectivity index (χ4n) is 3.38. The van der Waals surface area contributed by atoms with E-state index in [0.29, 0.717) is 6.54 Å². The Bertz CT molecular complexity index is 599. The molecule has 1 aliphatic heterocycles. The number of rotatable bonds is 6. The average Bonchev–Trinajstić information content (AvgIpc) is 2.50. The van der Waals surface area contributed by atoms with E-state index in [9.17, 15) is 14.9 Å². The number of likely N-dealkylation sites (tertiary alicyclic amines) is 1. The summed E-state index contributed by atoms with van der Waals surface area (Å²) in [7, 11) is 0. The summed E-state index contributed by atoms with van der Waals surface area (Å²) in [6, 6.07) is 4.09. The summed E-state index contributed by atoms with van der Waals surface area (Å²) in [6.07, 6.45) is 2.14. The van der Waals surface area contributed by atoms with Gasteiger partial charge in [-0.1, -0.05) is 25.4 Å². The highest BCUT2D eigenvalue weighted by molar-refractivity contribution is 6.32. The number of nitrogens with zero attached hydrogens (tertiary/aromatic N) is 2. The molecule has 1 heterocycles. The van der Waals surface area contributed by atoms with Crippen molar-refractivity contribution in [2.75, 3.05) is 26.2 Å². The van der Waals surface area contributed by atoms with Crippen LogP contribution in [0, 0.1) is 22.0 Å². The monoisotopic (exact) mass is 353 g/mol. The van der Waals surface area contributed by atoms with E-state index >= 15 is 0 Å². The Hall–Kier alpha value is -1.66. The minimum absolute atomic E-state index is 0.0323. The van der Waals surface area contributed by atoms with E-state index in [4.69, 9.17) is 11.6 Å². The second kappa shape index (κ2) is 8.44. The predicted octanol–water partition coefficient (Wildman–Crippen LogP) is 3.35. The Labute approximate surface area is 147 Å². The number of hydrogen-bond acceptors (Lipinski definition) is 4. The van der Waals surface area contributed by atoms with Crippen molar-refractivity contribution in [2.45, 2.75) is 26.7 Å². The Morgan fingerprint density at radius 1 is 1.38 bits per heavy atom. The van der Waals surface area contributed by atoms with Gasteiger partial charge in [-0.3, -0.25) is 14.9 Å². The zero-order valence-corrected chi connectivity index (χ0v) is 14.9. The van der Waals surface area contributed by atoms with Gasteiger partial charge in [0.05, 0.1) is 4.92 Å². The molecule has 1 aromatic rings. The van der Waals surface area contributed by atoms with Gasteiger partial charge < -0.3 is 10.2 Å². The molecular formula is C17H24ClN3O3. The number of nitrogens with one attached hydrogen (secondary N) is 1. The summed E-state index contributed by atoms with van der Waals surface area (Å²) in [4.78, 5) is 24.8. The van der Waals surface area contributed by atoms with Crippen LogP contribution in [0.15, 0.2) is 18.2 Å². The van der Waals surface area contributed by atoms with Crippen molar-refractivity contribution in [3.8, 4) is 0 Å². The molecule has 2 rings (SSSR count). The highest BCUT2D eigenvalue weighted by Crippen LogP contribution is 2.25. The molecule has 132 valence electrons. The van der Waals surface area contributed by atoms with Crippen LogP contribution < -0.4 is 5.32 Å². The fourth-order valence-corrected chi connectivity index (χ4v) is 3.56. The number of benzene rings is 1. The summed E-state index contributed by atoms with van der Waals surface area (Å²) < 4.78 is 0. The van der Waals surface area contributed by atoms with Crippen molar-refractivity contribution in [3.63, 3.8) is 0 Å². The maximum Gasteiger partial charge on any atom is 0.288 e. The van der Waals surface area contributed by atoms with Crippen LogP contribution in [-0.4, -0.2) is 41.9 Å². The Kier molecular flexibility index (Phi) is 6.57. The van der Waals surface area contributed by atoms with Gasteiger partial charge >= 0.3 is 0 Å². The average molecular weight is 354 g/mol. The molecule has 24 heavy (non-hydrogen) atoms. The fraction of sp³-hybridized carbons (Fsp3) is 0.588. The number of carbonyl (C=O) groups is 1. The molecule has 1 fully saturated rings. The van der Waals surface area contributed by atoms with Gasteiger partial charge in [0.25, 0.3) is 11.6 Å². The lowest BCUT2D eigenvalue weighted by molar-refractivity contribution is -0.384. The SMILES string of the molecule is C[C@H]1C[C@H](C)CN(CCCNC(=O)c2ccc(Cl)c([N+](=O)[O-])c2)C1. The zero-order valence-electron chi connectivity index (χ0n) is 14.1. The first-order valence-corrected chi connectivity index (χ1v) is 8.69. The summed E-state index contributed by atoms with van der Waals surface area (Å²) >= 11 is 5.75. The van der Waals surface area contributed by atoms with Gasteiger partial charge in [0.1, 0.15) is 5.02 Å². The minimum Gasteiger partial charge on any atom is -0.352 e. The molecule has 2 atom stereocenters. The molecular weight excluding hydrogens is 330 g/mol. The van der Waals surface area contributed by atoms with E-state index in [-0.39, 0.29) is 22.2 Å². The van der Waals surface area contributed by atoms with E-state index in [0.717, 1.165) is 37.9 Å². The topological polar surface area (TPSA) is 75.5 Å². The highest BCUT2D eigenvalue weighted by Gasteiger charge is 2.21. The zero-order chi connectivity index (χ0) is 17.7. The van der Waals surface area contributed by atoms with Crippen molar-refractivity contribution in [1.82, 2.24) is 10.2 Å². The van der Waals surface area contributed by atoms with Crippen molar-refractivity contribution in [3.05, 3.63) is 38.9 Å². The molecule has 6 nitrogen and oxygen atoms in total. The van der Waals surface area contributed by atoms with Crippen LogP contribution in [0.3, 0.4) is 0 Å². The number of halogens is 1. The third-order valence-electron chi connectivity index (χ3n) is 4.29. The van der Waals surface area contributed by atoms with Crippen LogP contribution in [0.4, 0.5) is 5.69 Å². The molecule has 1 N–H and O–H groups in total. The van der Waals surface area contributed by atoms with Gasteiger partial charge in [0.15, 0.2) is 0 Å². The Balaban J connectivity index is 1.79. The molecule has 0 bridgehead atoms. The predicted molar refractivity (Wildman–Crippen MR) is 94.4 cm³/mol. The first-order chi connectivity index (χ1) is 11.4. The smallest absolute Gasteiger partial charge is 0.288 e. The van der Waals surface area contributed by atoms with Gasteiger partial charge in [-0.25, -0.2) is 0 Å². The molecule has 0 aromatic heterocycles. The van der Waals surface area contributed by atoms with Crippen LogP contribution in [-0.2, 0) is 0 Å². The second-order valence-corrected chi connectivity index (χ2v) is 7.15. The maximum atomic E-state index is 12.1. The van der Waals surface area contributed by atoms with Gasteiger partial charge in [0, 0.05) is 31.3 Å². The lowest BCUT2D eigenvalue weighted by Gasteiger charge is -2.34. The van der Waals surface area contributed by atoms with Crippen LogP contribution in [0.1, 0.15) is 37.0 Å².